The number of benzene rings is 1. The zero-order chi connectivity index (χ0) is 28.8. The number of halogens is 2. The molecule has 0 heterocycles. The Labute approximate surface area is 241 Å². The quantitative estimate of drug-likeness (QED) is 0.124. The second-order valence-electron chi connectivity index (χ2n) is 11.2. The van der Waals surface area contributed by atoms with Gasteiger partial charge in [0.15, 0.2) is 5.78 Å². The van der Waals surface area contributed by atoms with E-state index in [4.69, 9.17) is 23.2 Å². The summed E-state index contributed by atoms with van der Waals surface area (Å²) < 4.78 is 28.8. The van der Waals surface area contributed by atoms with Crippen molar-refractivity contribution >= 4 is 50.6 Å². The van der Waals surface area contributed by atoms with Crippen molar-refractivity contribution in [2.45, 2.75) is 129 Å². The second kappa shape index (κ2) is 17.5. The van der Waals surface area contributed by atoms with Gasteiger partial charge >= 0.3 is 0 Å². The first-order chi connectivity index (χ1) is 17.8. The molecule has 0 aliphatic heterocycles. The molecule has 0 saturated carbocycles. The average molecular weight is 592 g/mol. The van der Waals surface area contributed by atoms with Gasteiger partial charge in [-0.1, -0.05) is 134 Å². The lowest BCUT2D eigenvalue weighted by molar-refractivity contribution is -0.114. The zero-order valence-electron chi connectivity index (χ0n) is 24.0. The summed E-state index contributed by atoms with van der Waals surface area (Å²) in [5.41, 5.74) is -0.929. The minimum absolute atomic E-state index is 0.0352. The molecule has 0 aliphatic carbocycles. The predicted octanol–water partition coefficient (Wildman–Crippen LogP) is 8.94. The van der Waals surface area contributed by atoms with Crippen molar-refractivity contribution < 1.29 is 18.0 Å². The molecule has 0 aliphatic rings. The summed E-state index contributed by atoms with van der Waals surface area (Å²) in [6.07, 6.45) is 17.1. The monoisotopic (exact) mass is 590 g/mol. The van der Waals surface area contributed by atoms with Crippen LogP contribution in [0.5, 0.6) is 0 Å². The third-order valence-corrected chi connectivity index (χ3v) is 8.88. The molecule has 218 valence electrons. The van der Waals surface area contributed by atoms with Gasteiger partial charge in [-0.25, -0.2) is 13.1 Å². The Morgan fingerprint density at radius 2 is 1.24 bits per heavy atom. The molecule has 1 aromatic rings. The summed E-state index contributed by atoms with van der Waals surface area (Å²) in [7, 11) is -4.03. The largest absolute Gasteiger partial charge is 0.325 e. The van der Waals surface area contributed by atoms with Crippen LogP contribution < -0.4 is 10.0 Å². The summed E-state index contributed by atoms with van der Waals surface area (Å²) in [5.74, 6) is -0.856. The Morgan fingerprint density at radius 3 is 1.66 bits per heavy atom. The third kappa shape index (κ3) is 12.4. The number of ketones is 1. The molecule has 38 heavy (non-hydrogen) atoms. The molecule has 0 atom stereocenters. The fraction of sp³-hybridized carbons (Fsp3) is 0.724. The molecule has 0 spiro atoms. The first-order valence-corrected chi connectivity index (χ1v) is 16.4. The van der Waals surface area contributed by atoms with E-state index in [1.807, 2.05) is 0 Å². The fourth-order valence-electron chi connectivity index (χ4n) is 4.27. The van der Waals surface area contributed by atoms with Crippen LogP contribution in [0.4, 0.5) is 5.69 Å². The normalized spacial score (nSPS) is 12.1. The maximum absolute atomic E-state index is 13.1. The second-order valence-corrected chi connectivity index (χ2v) is 13.7. The third-order valence-electron chi connectivity index (χ3n) is 6.50. The maximum atomic E-state index is 13.1. The van der Waals surface area contributed by atoms with Gasteiger partial charge in [-0.15, -0.1) is 0 Å². The van der Waals surface area contributed by atoms with E-state index >= 15 is 0 Å². The Kier molecular flexibility index (Phi) is 16.1. The molecule has 0 bridgehead atoms. The highest BCUT2D eigenvalue weighted by atomic mass is 35.5. The lowest BCUT2D eigenvalue weighted by atomic mass is 9.86. The lowest BCUT2D eigenvalue weighted by Gasteiger charge is -2.21. The molecule has 0 aromatic heterocycles. The molecule has 2 N–H and O–H groups in total. The average Bonchev–Trinajstić information content (AvgIpc) is 2.82. The standard InChI is InChI=1S/C29H48Cl2N2O4S/c1-6-7-8-9-10-11-12-13-14-15-16-17-18-19-20-32-38(36,37)24-21-23(33-22(2)34)26(30)25(27(24)31)28(35)29(3,4)5/h21,32H,6-20H2,1-5H3,(H,33,34). The number of anilines is 1. The highest BCUT2D eigenvalue weighted by Gasteiger charge is 2.32. The molecule has 0 fully saturated rings. The van der Waals surface area contributed by atoms with E-state index in [2.05, 4.69) is 17.0 Å². The Morgan fingerprint density at radius 1 is 0.789 bits per heavy atom. The Balaban J connectivity index is 2.58. The van der Waals surface area contributed by atoms with Crippen LogP contribution in [-0.2, 0) is 14.8 Å². The van der Waals surface area contributed by atoms with Gasteiger partial charge in [-0.05, 0) is 12.5 Å². The number of hydrogen-bond acceptors (Lipinski definition) is 4. The van der Waals surface area contributed by atoms with E-state index < -0.39 is 27.1 Å². The van der Waals surface area contributed by atoms with E-state index in [-0.39, 0.29) is 32.7 Å². The number of rotatable bonds is 19. The van der Waals surface area contributed by atoms with Crippen molar-refractivity contribution in [1.29, 1.82) is 0 Å². The summed E-state index contributed by atoms with van der Waals surface area (Å²) in [5, 5.41) is 2.20. The van der Waals surface area contributed by atoms with Crippen LogP contribution in [0.2, 0.25) is 10.0 Å². The lowest BCUT2D eigenvalue weighted by Crippen LogP contribution is -2.27. The zero-order valence-corrected chi connectivity index (χ0v) is 26.3. The number of carbonyl (C=O) groups is 2. The molecule has 1 aromatic carbocycles. The molecule has 1 rings (SSSR count). The van der Waals surface area contributed by atoms with E-state index in [0.717, 1.165) is 19.3 Å². The fourth-order valence-corrected chi connectivity index (χ4v) is 6.32. The molecule has 0 unspecified atom stereocenters. The van der Waals surface area contributed by atoms with Crippen LogP contribution in [0.3, 0.4) is 0 Å². The van der Waals surface area contributed by atoms with Crippen molar-refractivity contribution in [3.63, 3.8) is 0 Å². The summed E-state index contributed by atoms with van der Waals surface area (Å²) in [6.45, 7) is 8.85. The number of nitrogens with one attached hydrogen (secondary N) is 2. The minimum atomic E-state index is -4.03. The molecular weight excluding hydrogens is 543 g/mol. The van der Waals surface area contributed by atoms with Crippen LogP contribution in [0.1, 0.15) is 135 Å². The number of carbonyl (C=O) groups excluding carboxylic acids is 2. The Bertz CT molecular complexity index is 1000. The van der Waals surface area contributed by atoms with E-state index in [9.17, 15) is 18.0 Å². The van der Waals surface area contributed by atoms with Crippen LogP contribution in [-0.4, -0.2) is 26.7 Å². The van der Waals surface area contributed by atoms with Crippen molar-refractivity contribution in [2.75, 3.05) is 11.9 Å². The van der Waals surface area contributed by atoms with Crippen molar-refractivity contribution in [3.05, 3.63) is 21.7 Å². The Hall–Kier alpha value is -1.15. The van der Waals surface area contributed by atoms with Gasteiger partial charge in [0.1, 0.15) is 4.90 Å². The van der Waals surface area contributed by atoms with Crippen LogP contribution in [0.25, 0.3) is 0 Å². The number of amides is 1. The van der Waals surface area contributed by atoms with Gasteiger partial charge in [-0.2, -0.15) is 0 Å². The van der Waals surface area contributed by atoms with Gasteiger partial charge in [0, 0.05) is 18.9 Å². The SMILES string of the molecule is CCCCCCCCCCCCCCCCNS(=O)(=O)c1cc(NC(C)=O)c(Cl)c(C(=O)C(C)(C)C)c1Cl. The number of hydrogen-bond donors (Lipinski definition) is 2. The molecule has 6 nitrogen and oxygen atoms in total. The van der Waals surface area contributed by atoms with Crippen LogP contribution >= 0.6 is 23.2 Å². The van der Waals surface area contributed by atoms with Crippen LogP contribution in [0.15, 0.2) is 11.0 Å². The predicted molar refractivity (Wildman–Crippen MR) is 160 cm³/mol. The topological polar surface area (TPSA) is 92.3 Å². The molecule has 9 heteroatoms. The summed E-state index contributed by atoms with van der Waals surface area (Å²) in [4.78, 5) is 24.4. The number of Topliss-reactive ketones (excluding diaryl/α,β-unsaturated/α-hetero) is 1. The minimum Gasteiger partial charge on any atom is -0.325 e. The molecule has 0 radical (unpaired) electrons. The summed E-state index contributed by atoms with van der Waals surface area (Å²) in [6, 6.07) is 1.21. The van der Waals surface area contributed by atoms with Crippen molar-refractivity contribution in [1.82, 2.24) is 4.72 Å². The highest BCUT2D eigenvalue weighted by Crippen LogP contribution is 2.40. The molecule has 0 saturated heterocycles. The molecular formula is C29H48Cl2N2O4S. The van der Waals surface area contributed by atoms with Gasteiger partial charge in [0.05, 0.1) is 21.3 Å². The number of sulfonamides is 1. The van der Waals surface area contributed by atoms with Crippen molar-refractivity contribution in [2.24, 2.45) is 5.41 Å². The van der Waals surface area contributed by atoms with Gasteiger partial charge in [-0.3, -0.25) is 9.59 Å². The molecule has 1 amide bonds. The first-order valence-electron chi connectivity index (χ1n) is 14.2. The van der Waals surface area contributed by atoms with E-state index in [1.165, 1.54) is 77.2 Å². The van der Waals surface area contributed by atoms with Gasteiger partial charge in [0.2, 0.25) is 15.9 Å². The van der Waals surface area contributed by atoms with Gasteiger partial charge in [0.25, 0.3) is 0 Å². The van der Waals surface area contributed by atoms with Crippen molar-refractivity contribution in [3.8, 4) is 0 Å². The number of unbranched alkanes of at least 4 members (excludes halogenated alkanes) is 13. The maximum Gasteiger partial charge on any atom is 0.242 e. The van der Waals surface area contributed by atoms with E-state index in [0.29, 0.717) is 6.42 Å². The van der Waals surface area contributed by atoms with E-state index in [1.54, 1.807) is 20.8 Å². The first kappa shape index (κ1) is 34.9. The van der Waals surface area contributed by atoms with Crippen LogP contribution in [0, 0.1) is 5.41 Å². The summed E-state index contributed by atoms with van der Waals surface area (Å²) >= 11 is 12.8. The smallest absolute Gasteiger partial charge is 0.242 e. The van der Waals surface area contributed by atoms with Gasteiger partial charge < -0.3 is 5.32 Å². The highest BCUT2D eigenvalue weighted by molar-refractivity contribution is 7.89.